The van der Waals surface area contributed by atoms with Crippen LogP contribution in [0.1, 0.15) is 23.4 Å². The van der Waals surface area contributed by atoms with Crippen LogP contribution in [-0.2, 0) is 6.54 Å². The van der Waals surface area contributed by atoms with Crippen LogP contribution in [0.4, 0.5) is 0 Å². The molecule has 0 fully saturated rings. The second-order valence-electron chi connectivity index (χ2n) is 6.33. The number of aryl methyl sites for hydroxylation is 1. The molecule has 0 aliphatic carbocycles. The zero-order valence-corrected chi connectivity index (χ0v) is 14.4. The number of benzene rings is 2. The van der Waals surface area contributed by atoms with Gasteiger partial charge in [0.25, 0.3) is 0 Å². The lowest BCUT2D eigenvalue weighted by atomic mass is 10.1. The molecule has 0 amide bonds. The molecular weight excluding hydrogens is 320 g/mol. The van der Waals surface area contributed by atoms with Crippen molar-refractivity contribution in [1.82, 2.24) is 9.88 Å². The van der Waals surface area contributed by atoms with Gasteiger partial charge in [-0.2, -0.15) is 0 Å². The second kappa shape index (κ2) is 6.42. The van der Waals surface area contributed by atoms with Crippen molar-refractivity contribution in [1.29, 1.82) is 0 Å². The Balaban J connectivity index is 1.48. The number of hydrogen-bond acceptors (Lipinski definition) is 3. The van der Waals surface area contributed by atoms with Crippen molar-refractivity contribution in [3.8, 4) is 0 Å². The monoisotopic (exact) mass is 338 g/mol. The maximum absolute atomic E-state index is 6.02. The van der Waals surface area contributed by atoms with Crippen molar-refractivity contribution >= 4 is 28.3 Å². The first-order valence-corrected chi connectivity index (χ1v) is 8.58. The molecular formula is C20H19ClN2O. The van der Waals surface area contributed by atoms with E-state index in [-0.39, 0.29) is 0 Å². The highest BCUT2D eigenvalue weighted by atomic mass is 35.5. The summed E-state index contributed by atoms with van der Waals surface area (Å²) in [4.78, 5) is 7.02. The smallest absolute Gasteiger partial charge is 0.222 e. The molecule has 0 radical (unpaired) electrons. The number of hydrogen-bond donors (Lipinski definition) is 0. The number of halogens is 1. The summed E-state index contributed by atoms with van der Waals surface area (Å²) in [5, 5.41) is 0.684. The van der Waals surface area contributed by atoms with Crippen molar-refractivity contribution in [3.63, 3.8) is 0 Å². The zero-order chi connectivity index (χ0) is 16.5. The van der Waals surface area contributed by atoms with Crippen molar-refractivity contribution in [2.45, 2.75) is 19.9 Å². The van der Waals surface area contributed by atoms with Gasteiger partial charge in [0.15, 0.2) is 5.58 Å². The third-order valence-electron chi connectivity index (χ3n) is 4.44. The number of aromatic nitrogens is 1. The molecule has 3 nitrogen and oxygen atoms in total. The van der Waals surface area contributed by atoms with Crippen molar-refractivity contribution in [3.05, 3.63) is 70.6 Å². The number of fused-ring (bicyclic) bond motifs is 1. The highest BCUT2D eigenvalue weighted by Crippen LogP contribution is 2.27. The predicted octanol–water partition coefficient (Wildman–Crippen LogP) is 5.08. The lowest BCUT2D eigenvalue weighted by Crippen LogP contribution is -2.28. The second-order valence-corrected chi connectivity index (χ2v) is 6.77. The Hall–Kier alpha value is -2.10. The van der Waals surface area contributed by atoms with Gasteiger partial charge in [-0.1, -0.05) is 47.5 Å². The van der Waals surface area contributed by atoms with Gasteiger partial charge in [-0.15, -0.1) is 0 Å². The van der Waals surface area contributed by atoms with Gasteiger partial charge in [0, 0.05) is 30.2 Å². The molecule has 4 heteroatoms. The van der Waals surface area contributed by atoms with Crippen LogP contribution in [-0.4, -0.2) is 23.0 Å². The van der Waals surface area contributed by atoms with Crippen LogP contribution in [0.25, 0.3) is 16.7 Å². The van der Waals surface area contributed by atoms with Gasteiger partial charge < -0.3 is 4.42 Å². The Bertz CT molecular complexity index is 896. The molecule has 122 valence electrons. The quantitative estimate of drug-likeness (QED) is 0.667. The van der Waals surface area contributed by atoms with E-state index in [0.29, 0.717) is 5.02 Å². The lowest BCUT2D eigenvalue weighted by molar-refractivity contribution is 0.292. The summed E-state index contributed by atoms with van der Waals surface area (Å²) < 4.78 is 5.87. The van der Waals surface area contributed by atoms with E-state index >= 15 is 0 Å². The van der Waals surface area contributed by atoms with Gasteiger partial charge in [0.1, 0.15) is 5.52 Å². The van der Waals surface area contributed by atoms with Crippen LogP contribution in [0.5, 0.6) is 0 Å². The Kier molecular flexibility index (Phi) is 4.13. The summed E-state index contributed by atoms with van der Waals surface area (Å²) in [6, 6.07) is 14.3. The van der Waals surface area contributed by atoms with Crippen LogP contribution in [0.2, 0.25) is 5.02 Å². The SMILES string of the molecule is Cc1ccc(CN2CC=C(c3nc4cc(Cl)ccc4o3)CC2)cc1. The van der Waals surface area contributed by atoms with Crippen LogP contribution in [0.3, 0.4) is 0 Å². The maximum Gasteiger partial charge on any atom is 0.222 e. The van der Waals surface area contributed by atoms with E-state index in [1.165, 1.54) is 16.7 Å². The van der Waals surface area contributed by atoms with E-state index in [2.05, 4.69) is 47.1 Å². The molecule has 0 saturated heterocycles. The fraction of sp³-hybridized carbons (Fsp3) is 0.250. The minimum absolute atomic E-state index is 0.684. The van der Waals surface area contributed by atoms with Gasteiger partial charge in [-0.3, -0.25) is 4.90 Å². The lowest BCUT2D eigenvalue weighted by Gasteiger charge is -2.25. The number of nitrogens with zero attached hydrogens (tertiary/aromatic N) is 2. The molecule has 3 aromatic rings. The largest absolute Gasteiger partial charge is 0.436 e. The Morgan fingerprint density at radius 1 is 1.17 bits per heavy atom. The van der Waals surface area contributed by atoms with Crippen LogP contribution in [0, 0.1) is 6.92 Å². The average Bonchev–Trinajstić information content (AvgIpc) is 3.01. The molecule has 0 atom stereocenters. The van der Waals surface area contributed by atoms with Crippen molar-refractivity contribution < 1.29 is 4.42 Å². The number of rotatable bonds is 3. The van der Waals surface area contributed by atoms with E-state index in [0.717, 1.165) is 43.0 Å². The number of oxazole rings is 1. The Morgan fingerprint density at radius 2 is 2.00 bits per heavy atom. The molecule has 0 bridgehead atoms. The van der Waals surface area contributed by atoms with E-state index in [1.54, 1.807) is 0 Å². The standard InChI is InChI=1S/C20H19ClN2O/c1-14-2-4-15(5-3-14)13-23-10-8-16(9-11-23)20-22-18-12-17(21)6-7-19(18)24-20/h2-8,12H,9-11,13H2,1H3. The average molecular weight is 339 g/mol. The van der Waals surface area contributed by atoms with E-state index in [9.17, 15) is 0 Å². The van der Waals surface area contributed by atoms with Gasteiger partial charge in [0.05, 0.1) is 0 Å². The van der Waals surface area contributed by atoms with Crippen LogP contribution >= 0.6 is 11.6 Å². The minimum Gasteiger partial charge on any atom is -0.436 e. The van der Waals surface area contributed by atoms with E-state index in [4.69, 9.17) is 16.0 Å². The van der Waals surface area contributed by atoms with Gasteiger partial charge in [-0.25, -0.2) is 4.98 Å². The van der Waals surface area contributed by atoms with E-state index < -0.39 is 0 Å². The summed E-state index contributed by atoms with van der Waals surface area (Å²) in [6.45, 7) is 5.03. The third-order valence-corrected chi connectivity index (χ3v) is 4.68. The van der Waals surface area contributed by atoms with Gasteiger partial charge in [0.2, 0.25) is 5.89 Å². The fourth-order valence-electron chi connectivity index (χ4n) is 3.04. The molecule has 4 rings (SSSR count). The molecule has 0 saturated carbocycles. The zero-order valence-electron chi connectivity index (χ0n) is 13.6. The molecule has 2 heterocycles. The molecule has 0 N–H and O–H groups in total. The first-order valence-electron chi connectivity index (χ1n) is 8.21. The topological polar surface area (TPSA) is 29.3 Å². The summed E-state index contributed by atoms with van der Waals surface area (Å²) in [6.07, 6.45) is 3.18. The minimum atomic E-state index is 0.684. The fourth-order valence-corrected chi connectivity index (χ4v) is 3.21. The first-order chi connectivity index (χ1) is 11.7. The van der Waals surface area contributed by atoms with Gasteiger partial charge in [-0.05, 0) is 37.1 Å². The van der Waals surface area contributed by atoms with Crippen molar-refractivity contribution in [2.24, 2.45) is 0 Å². The van der Waals surface area contributed by atoms with Crippen LogP contribution < -0.4 is 0 Å². The normalized spacial score (nSPS) is 15.7. The summed E-state index contributed by atoms with van der Waals surface area (Å²) in [5.74, 6) is 0.724. The molecule has 0 unspecified atom stereocenters. The Morgan fingerprint density at radius 3 is 2.75 bits per heavy atom. The first kappa shape index (κ1) is 15.4. The highest BCUT2D eigenvalue weighted by Gasteiger charge is 2.17. The summed E-state index contributed by atoms with van der Waals surface area (Å²) in [7, 11) is 0. The van der Waals surface area contributed by atoms with Crippen molar-refractivity contribution in [2.75, 3.05) is 13.1 Å². The third kappa shape index (κ3) is 3.23. The summed E-state index contributed by atoms with van der Waals surface area (Å²) in [5.41, 5.74) is 5.45. The molecule has 1 aromatic heterocycles. The van der Waals surface area contributed by atoms with Crippen LogP contribution in [0.15, 0.2) is 53.0 Å². The summed E-state index contributed by atoms with van der Waals surface area (Å²) >= 11 is 6.02. The molecule has 1 aliphatic heterocycles. The molecule has 0 spiro atoms. The molecule has 1 aliphatic rings. The van der Waals surface area contributed by atoms with Gasteiger partial charge >= 0.3 is 0 Å². The Labute approximate surface area is 146 Å². The highest BCUT2D eigenvalue weighted by molar-refractivity contribution is 6.31. The molecule has 24 heavy (non-hydrogen) atoms. The van der Waals surface area contributed by atoms with E-state index in [1.807, 2.05) is 18.2 Å². The molecule has 2 aromatic carbocycles. The maximum atomic E-state index is 6.02. The predicted molar refractivity (Wildman–Crippen MR) is 98.1 cm³/mol.